The largest absolute Gasteiger partial charge is 0.486 e. The van der Waals surface area contributed by atoms with Crippen LogP contribution in [0.25, 0.3) is 0 Å². The monoisotopic (exact) mass is 539 g/mol. The first kappa shape index (κ1) is 24.4. The summed E-state index contributed by atoms with van der Waals surface area (Å²) in [6.45, 7) is 5.86. The SMILES string of the molecule is C[C@@H]1OCC2(CCN(c3cnc(Sc4ccnc5c4OCC4CN(CC6(O)CC6)C(=O)N54)cn3)CC2)[C@@H]1N. The number of fused-ring (bicyclic) bond motifs is 3. The van der Waals surface area contributed by atoms with Crippen LogP contribution >= 0.6 is 11.8 Å². The number of anilines is 2. The van der Waals surface area contributed by atoms with Crippen LogP contribution in [0.5, 0.6) is 5.75 Å². The molecule has 12 heteroatoms. The molecule has 4 fully saturated rings. The van der Waals surface area contributed by atoms with E-state index in [9.17, 15) is 9.90 Å². The quantitative estimate of drug-likeness (QED) is 0.581. The highest BCUT2D eigenvalue weighted by molar-refractivity contribution is 7.99. The predicted octanol–water partition coefficient (Wildman–Crippen LogP) is 1.88. The minimum atomic E-state index is -0.726. The van der Waals surface area contributed by atoms with Gasteiger partial charge in [-0.3, -0.25) is 4.90 Å². The lowest BCUT2D eigenvalue weighted by Crippen LogP contribution is -2.50. The van der Waals surface area contributed by atoms with Gasteiger partial charge < -0.3 is 30.1 Å². The van der Waals surface area contributed by atoms with Crippen LogP contribution < -0.4 is 20.3 Å². The molecule has 1 saturated carbocycles. The van der Waals surface area contributed by atoms with Crippen LogP contribution in [0.2, 0.25) is 0 Å². The number of amides is 2. The van der Waals surface area contributed by atoms with E-state index in [0.717, 1.165) is 61.1 Å². The smallest absolute Gasteiger partial charge is 0.326 e. The lowest BCUT2D eigenvalue weighted by molar-refractivity contribution is 0.0974. The molecule has 2 aromatic rings. The Hall–Kier alpha value is -2.67. The molecule has 4 aliphatic heterocycles. The minimum Gasteiger partial charge on any atom is -0.486 e. The zero-order chi connectivity index (χ0) is 26.1. The predicted molar refractivity (Wildman–Crippen MR) is 141 cm³/mol. The van der Waals surface area contributed by atoms with Gasteiger partial charge in [0.2, 0.25) is 0 Å². The Morgan fingerprint density at radius 3 is 2.68 bits per heavy atom. The van der Waals surface area contributed by atoms with E-state index in [2.05, 4.69) is 21.8 Å². The first-order valence-corrected chi connectivity index (χ1v) is 14.2. The van der Waals surface area contributed by atoms with Crippen molar-refractivity contribution >= 4 is 29.4 Å². The van der Waals surface area contributed by atoms with E-state index >= 15 is 0 Å². The topological polar surface area (TPSA) is 130 Å². The van der Waals surface area contributed by atoms with E-state index in [1.54, 1.807) is 22.2 Å². The van der Waals surface area contributed by atoms with Crippen molar-refractivity contribution < 1.29 is 19.4 Å². The standard InChI is InChI=1S/C26H33N7O4S/c1-16-22(27)25(15-37-16)5-8-31(9-6-25)19-10-30-20(11-29-19)38-18-2-7-28-23-21(18)36-13-17-12-32(24(34)33(17)23)14-26(35)3-4-26/h2,7,10-11,16-17,22,35H,3-6,8-9,12-15,27H2,1H3/t16-,17?,22+/m0/s1. The number of aliphatic hydroxyl groups is 1. The van der Waals surface area contributed by atoms with Gasteiger partial charge in [-0.2, -0.15) is 0 Å². The van der Waals surface area contributed by atoms with Gasteiger partial charge in [-0.05, 0) is 38.7 Å². The van der Waals surface area contributed by atoms with Gasteiger partial charge in [-0.1, -0.05) is 11.8 Å². The van der Waals surface area contributed by atoms with E-state index < -0.39 is 5.60 Å². The highest BCUT2D eigenvalue weighted by Gasteiger charge is 2.50. The number of nitrogens with two attached hydrogens (primary N) is 1. The van der Waals surface area contributed by atoms with Crippen molar-refractivity contribution in [3.63, 3.8) is 0 Å². The molecule has 3 atom stereocenters. The Morgan fingerprint density at radius 1 is 1.18 bits per heavy atom. The van der Waals surface area contributed by atoms with E-state index in [1.165, 1.54) is 11.8 Å². The lowest BCUT2D eigenvalue weighted by Gasteiger charge is -2.41. The van der Waals surface area contributed by atoms with Gasteiger partial charge in [0.05, 0.1) is 48.2 Å². The molecule has 202 valence electrons. The van der Waals surface area contributed by atoms with Gasteiger partial charge in [0.15, 0.2) is 11.6 Å². The molecule has 11 nitrogen and oxygen atoms in total. The van der Waals surface area contributed by atoms with E-state index in [-0.39, 0.29) is 29.6 Å². The molecule has 0 aromatic carbocycles. The fraction of sp³-hybridized carbons (Fsp3) is 0.615. The van der Waals surface area contributed by atoms with Crippen LogP contribution in [0.3, 0.4) is 0 Å². The molecule has 38 heavy (non-hydrogen) atoms. The molecule has 7 rings (SSSR count). The van der Waals surface area contributed by atoms with Crippen molar-refractivity contribution in [3.05, 3.63) is 24.7 Å². The van der Waals surface area contributed by atoms with Gasteiger partial charge in [0.1, 0.15) is 17.5 Å². The molecule has 0 bridgehead atoms. The number of urea groups is 1. The summed E-state index contributed by atoms with van der Waals surface area (Å²) in [5.41, 5.74) is 5.81. The maximum absolute atomic E-state index is 13.2. The number of carbonyl (C=O) groups excluding carboxylic acids is 1. The molecule has 2 aromatic heterocycles. The molecule has 1 spiro atoms. The minimum absolute atomic E-state index is 0.0732. The normalized spacial score (nSPS) is 28.9. The summed E-state index contributed by atoms with van der Waals surface area (Å²) in [5, 5.41) is 11.1. The molecule has 1 unspecified atom stereocenters. The summed E-state index contributed by atoms with van der Waals surface area (Å²) in [4.78, 5) is 33.6. The number of pyridine rings is 1. The Morgan fingerprint density at radius 2 is 2.00 bits per heavy atom. The molecular formula is C26H33N7O4S. The van der Waals surface area contributed by atoms with Crippen LogP contribution in [-0.2, 0) is 4.74 Å². The van der Waals surface area contributed by atoms with E-state index in [4.69, 9.17) is 20.2 Å². The molecule has 5 aliphatic rings. The molecule has 0 radical (unpaired) electrons. The fourth-order valence-electron chi connectivity index (χ4n) is 6.18. The number of rotatable bonds is 5. The average Bonchev–Trinajstić information content (AvgIpc) is 3.49. The summed E-state index contributed by atoms with van der Waals surface area (Å²) in [6.07, 6.45) is 8.89. The highest BCUT2D eigenvalue weighted by Crippen LogP contribution is 2.45. The van der Waals surface area contributed by atoms with Crippen LogP contribution in [0.15, 0.2) is 34.6 Å². The number of hydrogen-bond acceptors (Lipinski definition) is 10. The van der Waals surface area contributed by atoms with Crippen LogP contribution in [0, 0.1) is 5.41 Å². The number of nitrogens with zero attached hydrogens (tertiary/aromatic N) is 6. The molecular weight excluding hydrogens is 506 g/mol. The van der Waals surface area contributed by atoms with Crippen molar-refractivity contribution in [2.24, 2.45) is 11.1 Å². The lowest BCUT2D eigenvalue weighted by atomic mass is 9.73. The maximum atomic E-state index is 13.2. The number of hydrogen-bond donors (Lipinski definition) is 2. The van der Waals surface area contributed by atoms with Gasteiger partial charge in [-0.15, -0.1) is 0 Å². The van der Waals surface area contributed by atoms with E-state index in [0.29, 0.717) is 31.3 Å². The molecule has 2 amide bonds. The van der Waals surface area contributed by atoms with Gasteiger partial charge >= 0.3 is 6.03 Å². The summed E-state index contributed by atoms with van der Waals surface area (Å²) in [7, 11) is 0. The van der Waals surface area contributed by atoms with Crippen LogP contribution in [-0.4, -0.2) is 94.2 Å². The summed E-state index contributed by atoms with van der Waals surface area (Å²) < 4.78 is 12.0. The third-order valence-electron chi connectivity index (χ3n) is 8.84. The van der Waals surface area contributed by atoms with Crippen molar-refractivity contribution in [1.29, 1.82) is 0 Å². The second-order valence-electron chi connectivity index (χ2n) is 11.4. The number of β-amino-alcohol motifs (C(OH)–C–C–N with tert-alkyl or cyclic N) is 1. The Bertz CT molecular complexity index is 1230. The first-order chi connectivity index (χ1) is 18.3. The van der Waals surface area contributed by atoms with Gasteiger partial charge in [0, 0.05) is 37.3 Å². The highest BCUT2D eigenvalue weighted by atomic mass is 32.2. The second-order valence-corrected chi connectivity index (χ2v) is 12.5. The Labute approximate surface area is 225 Å². The van der Waals surface area contributed by atoms with E-state index in [1.807, 2.05) is 12.3 Å². The Kier molecular flexibility index (Phi) is 5.73. The van der Waals surface area contributed by atoms with Crippen LogP contribution in [0.4, 0.5) is 16.4 Å². The van der Waals surface area contributed by atoms with Crippen molar-refractivity contribution in [2.45, 2.75) is 66.3 Å². The average molecular weight is 540 g/mol. The maximum Gasteiger partial charge on any atom is 0.326 e. The molecule has 3 saturated heterocycles. The number of ether oxygens (including phenoxy) is 2. The second kappa shape index (κ2) is 8.94. The fourth-order valence-corrected chi connectivity index (χ4v) is 6.99. The number of piperidine rings is 1. The van der Waals surface area contributed by atoms with Gasteiger partial charge in [0.25, 0.3) is 0 Å². The third kappa shape index (κ3) is 4.09. The summed E-state index contributed by atoms with van der Waals surface area (Å²) in [6, 6.07) is 1.73. The Balaban J connectivity index is 1.03. The molecule has 6 heterocycles. The van der Waals surface area contributed by atoms with Crippen LogP contribution in [0.1, 0.15) is 32.6 Å². The van der Waals surface area contributed by atoms with Crippen molar-refractivity contribution in [2.75, 3.05) is 49.2 Å². The van der Waals surface area contributed by atoms with Crippen molar-refractivity contribution in [3.8, 4) is 5.75 Å². The summed E-state index contributed by atoms with van der Waals surface area (Å²) >= 11 is 1.45. The number of carbonyl (C=O) groups is 1. The first-order valence-electron chi connectivity index (χ1n) is 13.4. The van der Waals surface area contributed by atoms with Crippen molar-refractivity contribution in [1.82, 2.24) is 19.9 Å². The molecule has 1 aliphatic carbocycles. The zero-order valence-electron chi connectivity index (χ0n) is 21.5. The number of aromatic nitrogens is 3. The van der Waals surface area contributed by atoms with Gasteiger partial charge in [-0.25, -0.2) is 19.7 Å². The zero-order valence-corrected chi connectivity index (χ0v) is 22.3. The molecule has 3 N–H and O–H groups in total. The summed E-state index contributed by atoms with van der Waals surface area (Å²) in [5.74, 6) is 1.98. The third-order valence-corrected chi connectivity index (χ3v) is 9.80.